The number of carbonyl (C=O) groups excluding carboxylic acids is 2. The van der Waals surface area contributed by atoms with Gasteiger partial charge >= 0.3 is 5.97 Å². The Labute approximate surface area is 249 Å². The molecule has 0 atom stereocenters. The minimum Gasteiger partial charge on any atom is -0.496 e. The maximum atomic E-state index is 13.8. The number of fused-ring (bicyclic) bond motifs is 1. The fraction of sp³-hybridized carbons (Fsp3) is 0.419. The average Bonchev–Trinajstić information content (AvgIpc) is 3.62. The smallest absolute Gasteiger partial charge is 0.304 e. The molecule has 2 aromatic carbocycles. The van der Waals surface area contributed by atoms with Gasteiger partial charge in [-0.3, -0.25) is 24.2 Å². The normalized spacial score (nSPS) is 16.1. The van der Waals surface area contributed by atoms with Gasteiger partial charge in [0.15, 0.2) is 5.13 Å². The highest BCUT2D eigenvalue weighted by molar-refractivity contribution is 7.14. The van der Waals surface area contributed by atoms with Gasteiger partial charge in [-0.15, -0.1) is 11.3 Å². The Balaban J connectivity index is 1.25. The molecule has 222 valence electrons. The molecule has 10 nitrogen and oxygen atoms in total. The third-order valence-corrected chi connectivity index (χ3v) is 9.06. The highest BCUT2D eigenvalue weighted by Crippen LogP contribution is 2.43. The topological polar surface area (TPSA) is 113 Å². The predicted molar refractivity (Wildman–Crippen MR) is 160 cm³/mol. The van der Waals surface area contributed by atoms with Gasteiger partial charge in [0, 0.05) is 63.7 Å². The largest absolute Gasteiger partial charge is 0.496 e. The monoisotopic (exact) mass is 592 g/mol. The molecule has 2 heterocycles. The van der Waals surface area contributed by atoms with E-state index in [9.17, 15) is 19.5 Å². The molecule has 11 heteroatoms. The lowest BCUT2D eigenvalue weighted by molar-refractivity contribution is -0.144. The predicted octanol–water partition coefficient (Wildman–Crippen LogP) is 3.58. The van der Waals surface area contributed by atoms with E-state index in [4.69, 9.17) is 14.5 Å². The van der Waals surface area contributed by atoms with Crippen molar-refractivity contribution < 1.29 is 29.0 Å². The summed E-state index contributed by atoms with van der Waals surface area (Å²) in [4.78, 5) is 47.5. The molecule has 1 aromatic heterocycles. The number of carboxylic acid groups (broad SMARTS) is 1. The van der Waals surface area contributed by atoms with Gasteiger partial charge in [0.25, 0.3) is 0 Å². The molecule has 1 aliphatic carbocycles. The molecule has 1 aliphatic heterocycles. The van der Waals surface area contributed by atoms with Crippen molar-refractivity contribution in [2.24, 2.45) is 5.41 Å². The molecule has 0 bridgehead atoms. The van der Waals surface area contributed by atoms with Crippen molar-refractivity contribution in [2.75, 3.05) is 58.4 Å². The van der Waals surface area contributed by atoms with Gasteiger partial charge < -0.3 is 19.5 Å². The SMILES string of the molecule is COc1cc(OCCN2CCN(C(C)=O)CC2)ccc1-c1csc(N(C)C(=O)C2(CC(=O)O)Cc3ccccc3C2)n1. The second kappa shape index (κ2) is 12.5. The highest BCUT2D eigenvalue weighted by Gasteiger charge is 2.47. The van der Waals surface area contributed by atoms with Crippen LogP contribution in [0.25, 0.3) is 11.3 Å². The molecular weight excluding hydrogens is 556 g/mol. The first-order valence-electron chi connectivity index (χ1n) is 14.0. The van der Waals surface area contributed by atoms with E-state index in [1.807, 2.05) is 52.7 Å². The van der Waals surface area contributed by atoms with Crippen LogP contribution >= 0.6 is 11.3 Å². The third kappa shape index (κ3) is 6.27. The van der Waals surface area contributed by atoms with Gasteiger partial charge in [-0.2, -0.15) is 0 Å². The van der Waals surface area contributed by atoms with Crippen molar-refractivity contribution in [1.29, 1.82) is 0 Å². The van der Waals surface area contributed by atoms with E-state index in [1.165, 1.54) is 16.2 Å². The van der Waals surface area contributed by atoms with Crippen molar-refractivity contribution in [1.82, 2.24) is 14.8 Å². The Morgan fingerprint density at radius 2 is 1.76 bits per heavy atom. The molecule has 1 N–H and O–H groups in total. The zero-order valence-electron chi connectivity index (χ0n) is 24.2. The fourth-order valence-electron chi connectivity index (χ4n) is 5.87. The summed E-state index contributed by atoms with van der Waals surface area (Å²) in [5.41, 5.74) is 2.41. The molecule has 2 amide bonds. The average molecular weight is 593 g/mol. The van der Waals surface area contributed by atoms with Crippen LogP contribution in [0.4, 0.5) is 5.13 Å². The van der Waals surface area contributed by atoms with E-state index in [1.54, 1.807) is 21.1 Å². The number of ether oxygens (including phenoxy) is 2. The van der Waals surface area contributed by atoms with Crippen molar-refractivity contribution in [3.05, 3.63) is 59.0 Å². The summed E-state index contributed by atoms with van der Waals surface area (Å²) in [6, 6.07) is 13.3. The maximum absolute atomic E-state index is 13.8. The maximum Gasteiger partial charge on any atom is 0.304 e. The number of amides is 2. The Morgan fingerprint density at radius 3 is 2.38 bits per heavy atom. The lowest BCUT2D eigenvalue weighted by atomic mass is 9.80. The number of nitrogens with zero attached hydrogens (tertiary/aromatic N) is 4. The Bertz CT molecular complexity index is 1440. The quantitative estimate of drug-likeness (QED) is 0.380. The highest BCUT2D eigenvalue weighted by atomic mass is 32.1. The summed E-state index contributed by atoms with van der Waals surface area (Å²) in [6.45, 7) is 6.02. The Morgan fingerprint density at radius 1 is 1.07 bits per heavy atom. The number of carboxylic acids is 1. The standard InChI is InChI=1S/C31H36N4O6S/c1-21(36)35-12-10-34(11-13-35)14-15-41-24-8-9-25(27(16-24)40-3)26-20-42-30(32-26)33(2)29(39)31(19-28(37)38)17-22-6-4-5-7-23(22)18-31/h4-9,16,20H,10-15,17-19H2,1-3H3,(H,37,38). The second-order valence-corrected chi connectivity index (χ2v) is 11.7. The summed E-state index contributed by atoms with van der Waals surface area (Å²) >= 11 is 1.33. The van der Waals surface area contributed by atoms with E-state index in [0.29, 0.717) is 41.8 Å². The van der Waals surface area contributed by atoms with Crippen LogP contribution in [0.15, 0.2) is 47.8 Å². The lowest BCUT2D eigenvalue weighted by Crippen LogP contribution is -2.48. The number of aromatic nitrogens is 1. The van der Waals surface area contributed by atoms with Crippen LogP contribution in [0.5, 0.6) is 11.5 Å². The molecule has 0 unspecified atom stereocenters. The zero-order chi connectivity index (χ0) is 29.9. The minimum atomic E-state index is -1.05. The third-order valence-electron chi connectivity index (χ3n) is 8.15. The molecule has 1 fully saturated rings. The number of aliphatic carboxylic acids is 1. The summed E-state index contributed by atoms with van der Waals surface area (Å²) in [6.07, 6.45) is 0.536. The molecule has 0 radical (unpaired) electrons. The van der Waals surface area contributed by atoms with Crippen LogP contribution in [-0.2, 0) is 27.2 Å². The fourth-order valence-corrected chi connectivity index (χ4v) is 6.66. The Kier molecular flexibility index (Phi) is 8.79. The number of benzene rings is 2. The number of anilines is 1. The van der Waals surface area contributed by atoms with Crippen LogP contribution in [0, 0.1) is 5.41 Å². The van der Waals surface area contributed by atoms with Crippen LogP contribution in [0.1, 0.15) is 24.5 Å². The van der Waals surface area contributed by atoms with Crippen molar-refractivity contribution in [3.8, 4) is 22.8 Å². The van der Waals surface area contributed by atoms with E-state index < -0.39 is 11.4 Å². The van der Waals surface area contributed by atoms with Crippen LogP contribution in [-0.4, -0.2) is 91.2 Å². The first-order chi connectivity index (χ1) is 20.2. The number of methoxy groups -OCH3 is 1. The number of carbonyl (C=O) groups is 3. The lowest BCUT2D eigenvalue weighted by Gasteiger charge is -2.34. The molecule has 0 spiro atoms. The Hall–Kier alpha value is -3.96. The summed E-state index contributed by atoms with van der Waals surface area (Å²) in [7, 11) is 3.25. The van der Waals surface area contributed by atoms with Crippen LogP contribution in [0.3, 0.4) is 0 Å². The van der Waals surface area contributed by atoms with Gasteiger partial charge in [-0.1, -0.05) is 24.3 Å². The van der Waals surface area contributed by atoms with Crippen molar-refractivity contribution >= 4 is 34.3 Å². The van der Waals surface area contributed by atoms with Gasteiger partial charge in [0.1, 0.15) is 18.1 Å². The summed E-state index contributed by atoms with van der Waals surface area (Å²) in [5, 5.41) is 12.0. The van der Waals surface area contributed by atoms with Crippen LogP contribution in [0.2, 0.25) is 0 Å². The molecule has 5 rings (SSSR count). The van der Waals surface area contributed by atoms with Gasteiger partial charge in [-0.25, -0.2) is 4.98 Å². The van der Waals surface area contributed by atoms with Crippen molar-refractivity contribution in [3.63, 3.8) is 0 Å². The molecule has 3 aromatic rings. The number of thiazole rings is 1. The number of hydrogen-bond donors (Lipinski definition) is 1. The van der Waals surface area contributed by atoms with E-state index in [2.05, 4.69) is 4.90 Å². The van der Waals surface area contributed by atoms with E-state index in [0.717, 1.165) is 49.4 Å². The van der Waals surface area contributed by atoms with Gasteiger partial charge in [0.2, 0.25) is 11.8 Å². The minimum absolute atomic E-state index is 0.116. The number of piperazine rings is 1. The number of rotatable bonds is 10. The van der Waals surface area contributed by atoms with E-state index in [-0.39, 0.29) is 18.2 Å². The van der Waals surface area contributed by atoms with Gasteiger partial charge in [-0.05, 0) is 36.1 Å². The molecule has 2 aliphatic rings. The van der Waals surface area contributed by atoms with Crippen molar-refractivity contribution in [2.45, 2.75) is 26.2 Å². The first kappa shape index (κ1) is 29.5. The second-order valence-electron chi connectivity index (χ2n) is 10.9. The summed E-state index contributed by atoms with van der Waals surface area (Å²) in [5.74, 6) is 0.150. The van der Waals surface area contributed by atoms with Gasteiger partial charge in [0.05, 0.1) is 24.6 Å². The molecule has 0 saturated carbocycles. The molecule has 1 saturated heterocycles. The zero-order valence-corrected chi connectivity index (χ0v) is 25.0. The first-order valence-corrected chi connectivity index (χ1v) is 14.9. The molecule has 42 heavy (non-hydrogen) atoms. The van der Waals surface area contributed by atoms with E-state index >= 15 is 0 Å². The molecular formula is C31H36N4O6S. The number of hydrogen-bond acceptors (Lipinski definition) is 8. The summed E-state index contributed by atoms with van der Waals surface area (Å²) < 4.78 is 11.7. The van der Waals surface area contributed by atoms with Crippen LogP contribution < -0.4 is 14.4 Å².